The van der Waals surface area contributed by atoms with Crippen molar-refractivity contribution in [2.24, 2.45) is 0 Å². The van der Waals surface area contributed by atoms with Crippen LogP contribution in [0.3, 0.4) is 0 Å². The van der Waals surface area contributed by atoms with Gasteiger partial charge in [-0.3, -0.25) is 0 Å². The smallest absolute Gasteiger partial charge is 0 e. The van der Waals surface area contributed by atoms with E-state index in [1.54, 1.807) is 0 Å². The molecule has 0 aliphatic rings. The molecule has 3 nitrogen and oxygen atoms in total. The van der Waals surface area contributed by atoms with Crippen LogP contribution in [0.1, 0.15) is 0 Å². The third kappa shape index (κ3) is 75.2. The summed E-state index contributed by atoms with van der Waals surface area (Å²) in [7, 11) is 0.306. The molecule has 0 aliphatic heterocycles. The van der Waals surface area contributed by atoms with Crippen molar-refractivity contribution in [1.82, 2.24) is 0 Å². The molecule has 0 heterocycles. The van der Waals surface area contributed by atoms with Gasteiger partial charge in [0.05, 0.1) is 0 Å². The van der Waals surface area contributed by atoms with Crippen LogP contribution in [-0.2, 0) is 44.6 Å². The number of hydrogen-bond donors (Lipinski definition) is 1. The van der Waals surface area contributed by atoms with E-state index in [1.165, 1.54) is 0 Å². The molecule has 0 unspecified atom stereocenters. The molecule has 0 aromatic carbocycles. The molecule has 0 spiro atoms. The van der Waals surface area contributed by atoms with Gasteiger partial charge in [-0.2, -0.15) is 0 Å². The summed E-state index contributed by atoms with van der Waals surface area (Å²) in [5, 5.41) is 0. The SMILES string of the molecule is O[SiH3].[O]=[V]=[O].[W]. The Bertz CT molecular complexity index is 31.8. The molecule has 0 fully saturated rings. The van der Waals surface area contributed by atoms with Gasteiger partial charge in [-0.15, -0.1) is 0 Å². The predicted octanol–water partition coefficient (Wildman–Crippen LogP) is -1.98. The maximum absolute atomic E-state index is 8.47. The fraction of sp³-hybridized carbons (Fsp3) is 0. The van der Waals surface area contributed by atoms with Gasteiger partial charge in [-0.05, 0) is 0 Å². The fourth-order valence-electron chi connectivity index (χ4n) is 0. The van der Waals surface area contributed by atoms with Crippen molar-refractivity contribution in [2.75, 3.05) is 0 Å². The summed E-state index contributed by atoms with van der Waals surface area (Å²) in [6.07, 6.45) is 0. The van der Waals surface area contributed by atoms with Gasteiger partial charge >= 0.3 is 23.5 Å². The van der Waals surface area contributed by atoms with Crippen LogP contribution in [0.15, 0.2) is 0 Å². The zero-order valence-corrected chi connectivity index (χ0v) is 9.45. The first-order valence-electron chi connectivity index (χ1n) is 0.812. The third-order valence-corrected chi connectivity index (χ3v) is 0. The molecule has 6 heavy (non-hydrogen) atoms. The third-order valence-electron chi connectivity index (χ3n) is 0. The minimum absolute atomic E-state index is 0. The average Bonchev–Trinajstić information content (AvgIpc) is 1.46. The Labute approximate surface area is 59.8 Å². The molecule has 0 atom stereocenters. The van der Waals surface area contributed by atoms with Gasteiger partial charge in [-0.1, -0.05) is 0 Å². The van der Waals surface area contributed by atoms with Gasteiger partial charge in [0.1, 0.15) is 10.5 Å². The summed E-state index contributed by atoms with van der Waals surface area (Å²) in [6.45, 7) is 0. The first-order valence-corrected chi connectivity index (χ1v) is 2.85. The normalized spacial score (nSPS) is 2.83. The first kappa shape index (κ1) is 15.7. The van der Waals surface area contributed by atoms with Gasteiger partial charge in [0.15, 0.2) is 0 Å². The molecule has 0 aliphatic carbocycles. The minimum atomic E-state index is -1.81. The maximum atomic E-state index is 8.47. The van der Waals surface area contributed by atoms with Crippen molar-refractivity contribution in [3.63, 3.8) is 0 Å². The van der Waals surface area contributed by atoms with Crippen molar-refractivity contribution >= 4 is 10.5 Å². The fourth-order valence-corrected chi connectivity index (χ4v) is 0. The summed E-state index contributed by atoms with van der Waals surface area (Å²) in [5.74, 6) is 0. The second-order valence-electron chi connectivity index (χ2n) is 0.0745. The van der Waals surface area contributed by atoms with Gasteiger partial charge in [0.2, 0.25) is 0 Å². The molecule has 6 heteroatoms. The second-order valence-corrected chi connectivity index (χ2v) is 0.307. The Morgan fingerprint density at radius 3 is 1.33 bits per heavy atom. The van der Waals surface area contributed by atoms with Gasteiger partial charge in [0.25, 0.3) is 0 Å². The standard InChI is InChI=1S/H4OSi.2O.V.W/c1-2;;;;/h1H,2H3;;;;. The van der Waals surface area contributed by atoms with Crippen molar-refractivity contribution in [3.05, 3.63) is 0 Å². The topological polar surface area (TPSA) is 54.4 Å². The molecule has 0 rings (SSSR count). The molecule has 0 aromatic heterocycles. The van der Waals surface area contributed by atoms with E-state index < -0.39 is 16.2 Å². The van der Waals surface area contributed by atoms with E-state index >= 15 is 0 Å². The van der Waals surface area contributed by atoms with E-state index in [1.807, 2.05) is 0 Å². The van der Waals surface area contributed by atoms with Crippen molar-refractivity contribution < 1.29 is 49.4 Å². The average molecular weight is 315 g/mol. The molecular formula is H4O3SiVW. The molecular weight excluding hydrogens is 311 g/mol. The van der Waals surface area contributed by atoms with E-state index in [-0.39, 0.29) is 21.1 Å². The minimum Gasteiger partial charge on any atom is 0 e. The molecule has 0 bridgehead atoms. The summed E-state index contributed by atoms with van der Waals surface area (Å²) < 4.78 is 16.9. The van der Waals surface area contributed by atoms with Crippen LogP contribution in [-0.4, -0.2) is 15.3 Å². The van der Waals surface area contributed by atoms with Crippen molar-refractivity contribution in [1.29, 1.82) is 0 Å². The number of hydrogen-bond acceptors (Lipinski definition) is 3. The van der Waals surface area contributed by atoms with Crippen LogP contribution >= 0.6 is 0 Å². The van der Waals surface area contributed by atoms with E-state index in [9.17, 15) is 0 Å². The quantitative estimate of drug-likeness (QED) is 0.527. The van der Waals surface area contributed by atoms with Crippen LogP contribution in [0.25, 0.3) is 0 Å². The maximum Gasteiger partial charge on any atom is 0 e. The first-order chi connectivity index (χ1) is 2.41. The van der Waals surface area contributed by atoms with Crippen LogP contribution in [0.5, 0.6) is 0 Å². The Balaban J connectivity index is -0.0000000275. The Kier molecular flexibility index (Phi) is 96.3. The molecule has 0 aromatic rings. The van der Waals surface area contributed by atoms with Crippen LogP contribution in [0.2, 0.25) is 0 Å². The van der Waals surface area contributed by atoms with Crippen molar-refractivity contribution in [3.8, 4) is 0 Å². The zero-order chi connectivity index (χ0) is 4.71. The summed E-state index contributed by atoms with van der Waals surface area (Å²) in [5.41, 5.74) is 0. The van der Waals surface area contributed by atoms with E-state index in [0.717, 1.165) is 0 Å². The summed E-state index contributed by atoms with van der Waals surface area (Å²) in [6, 6.07) is 0. The molecule has 1 N–H and O–H groups in total. The van der Waals surface area contributed by atoms with E-state index in [4.69, 9.17) is 12.1 Å². The summed E-state index contributed by atoms with van der Waals surface area (Å²) >= 11 is -1.81. The van der Waals surface area contributed by atoms with Crippen LogP contribution in [0, 0.1) is 0 Å². The Morgan fingerprint density at radius 1 is 1.33 bits per heavy atom. The largest absolute Gasteiger partial charge is 0 e. The monoisotopic (exact) mass is 315 g/mol. The molecule has 37 valence electrons. The van der Waals surface area contributed by atoms with Gasteiger partial charge in [0, 0.05) is 21.1 Å². The Hall–Kier alpha value is 1.05. The second kappa shape index (κ2) is 36.7. The predicted molar refractivity (Wildman–Crippen MR) is 13.5 cm³/mol. The van der Waals surface area contributed by atoms with Gasteiger partial charge < -0.3 is 4.80 Å². The zero-order valence-electron chi connectivity index (χ0n) is 3.12. The van der Waals surface area contributed by atoms with Crippen LogP contribution < -0.4 is 0 Å². The summed E-state index contributed by atoms with van der Waals surface area (Å²) in [4.78, 5) is 7.14. The molecule has 0 amide bonds. The van der Waals surface area contributed by atoms with Crippen LogP contribution in [0.4, 0.5) is 0 Å². The van der Waals surface area contributed by atoms with Crippen molar-refractivity contribution in [2.45, 2.75) is 0 Å². The molecule has 0 saturated carbocycles. The van der Waals surface area contributed by atoms with E-state index in [2.05, 4.69) is 0 Å². The van der Waals surface area contributed by atoms with Gasteiger partial charge in [-0.25, -0.2) is 0 Å². The molecule has 0 saturated heterocycles. The Morgan fingerprint density at radius 2 is 1.33 bits per heavy atom. The molecule has 0 radical (unpaired) electrons. The number of rotatable bonds is 0. The van der Waals surface area contributed by atoms with E-state index in [0.29, 0.717) is 10.5 Å².